The number of hydrogen-bond donors (Lipinski definition) is 2. The van der Waals surface area contributed by atoms with Gasteiger partial charge in [-0.2, -0.15) is 0 Å². The highest BCUT2D eigenvalue weighted by atomic mass is 16.5. The van der Waals surface area contributed by atoms with Gasteiger partial charge < -0.3 is 15.2 Å². The number of para-hydroxylation sites is 1. The van der Waals surface area contributed by atoms with Gasteiger partial charge in [-0.3, -0.25) is 0 Å². The molecule has 1 atom stereocenters. The predicted molar refractivity (Wildman–Crippen MR) is 88.9 cm³/mol. The molecule has 0 radical (unpaired) electrons. The molecule has 0 fully saturated rings. The molecule has 2 aromatic carbocycles. The van der Waals surface area contributed by atoms with E-state index in [1.165, 1.54) is 6.07 Å². The van der Waals surface area contributed by atoms with Crippen LogP contribution in [0.25, 0.3) is 0 Å². The lowest BCUT2D eigenvalue weighted by molar-refractivity contribution is 0.0697. The van der Waals surface area contributed by atoms with Crippen molar-refractivity contribution in [3.05, 3.63) is 84.2 Å². The van der Waals surface area contributed by atoms with Crippen molar-refractivity contribution in [1.29, 1.82) is 0 Å². The second-order valence-electron chi connectivity index (χ2n) is 4.94. The first-order valence-corrected chi connectivity index (χ1v) is 7.31. The first-order chi connectivity index (χ1) is 11.7. The van der Waals surface area contributed by atoms with Crippen molar-refractivity contribution in [3.8, 4) is 6.01 Å². The summed E-state index contributed by atoms with van der Waals surface area (Å²) in [5, 5.41) is 12.4. The van der Waals surface area contributed by atoms with Gasteiger partial charge in [-0.1, -0.05) is 42.5 Å². The number of benzene rings is 2. The van der Waals surface area contributed by atoms with Crippen LogP contribution >= 0.6 is 0 Å². The number of rotatable bonds is 6. The molecule has 0 saturated heterocycles. The van der Waals surface area contributed by atoms with Crippen LogP contribution in [0.1, 0.15) is 22.1 Å². The van der Waals surface area contributed by atoms with Gasteiger partial charge in [0.1, 0.15) is 0 Å². The molecule has 3 rings (SSSR count). The summed E-state index contributed by atoms with van der Waals surface area (Å²) >= 11 is 0. The minimum Gasteiger partial charge on any atom is -0.478 e. The van der Waals surface area contributed by atoms with Crippen LogP contribution in [0.15, 0.2) is 73.1 Å². The molecule has 0 spiro atoms. The lowest BCUT2D eigenvalue weighted by atomic mass is 10.1. The van der Waals surface area contributed by atoms with Crippen LogP contribution in [0.4, 0.5) is 5.69 Å². The van der Waals surface area contributed by atoms with Gasteiger partial charge in [0.25, 0.3) is 0 Å². The molecule has 120 valence electrons. The average molecular weight is 321 g/mol. The van der Waals surface area contributed by atoms with Crippen LogP contribution in [0.3, 0.4) is 0 Å². The van der Waals surface area contributed by atoms with Crippen LogP contribution < -0.4 is 10.1 Å². The van der Waals surface area contributed by atoms with E-state index in [0.717, 1.165) is 5.56 Å². The Kier molecular flexibility index (Phi) is 4.67. The normalized spacial score (nSPS) is 11.5. The molecule has 1 heterocycles. The van der Waals surface area contributed by atoms with E-state index in [0.29, 0.717) is 5.69 Å². The monoisotopic (exact) mass is 321 g/mol. The summed E-state index contributed by atoms with van der Waals surface area (Å²) in [6.07, 6.45) is 2.53. The molecule has 0 aliphatic rings. The van der Waals surface area contributed by atoms with E-state index in [4.69, 9.17) is 4.74 Å². The number of nitrogens with one attached hydrogen (secondary N) is 1. The minimum absolute atomic E-state index is 0.163. The number of aromatic carboxylic acids is 1. The highest BCUT2D eigenvalue weighted by Gasteiger charge is 2.18. The van der Waals surface area contributed by atoms with E-state index in [2.05, 4.69) is 15.3 Å². The number of nitrogens with zero attached hydrogens (tertiary/aromatic N) is 2. The number of hydrogen-bond acceptors (Lipinski definition) is 5. The Morgan fingerprint density at radius 3 is 2.33 bits per heavy atom. The molecule has 1 aromatic heterocycles. The summed E-state index contributed by atoms with van der Waals surface area (Å²) in [5.41, 5.74) is 1.44. The maximum atomic E-state index is 11.4. The number of aromatic nitrogens is 2. The maximum Gasteiger partial charge on any atom is 0.337 e. The van der Waals surface area contributed by atoms with E-state index in [1.807, 2.05) is 30.3 Å². The Hall–Kier alpha value is -3.41. The molecule has 0 amide bonds. The highest BCUT2D eigenvalue weighted by molar-refractivity contribution is 5.94. The molecule has 6 nitrogen and oxygen atoms in total. The minimum atomic E-state index is -1.01. The summed E-state index contributed by atoms with van der Waals surface area (Å²) in [7, 11) is 0. The zero-order chi connectivity index (χ0) is 16.8. The van der Waals surface area contributed by atoms with Crippen molar-refractivity contribution in [3.63, 3.8) is 0 Å². The fraction of sp³-hybridized carbons (Fsp3) is 0.0556. The predicted octanol–water partition coefficient (Wildman–Crippen LogP) is 3.36. The first-order valence-electron chi connectivity index (χ1n) is 7.31. The van der Waals surface area contributed by atoms with E-state index >= 15 is 0 Å². The van der Waals surface area contributed by atoms with Gasteiger partial charge in [-0.25, -0.2) is 14.8 Å². The third kappa shape index (κ3) is 3.67. The topological polar surface area (TPSA) is 84.3 Å². The Morgan fingerprint density at radius 1 is 0.958 bits per heavy atom. The molecular weight excluding hydrogens is 306 g/mol. The van der Waals surface area contributed by atoms with E-state index in [-0.39, 0.29) is 11.6 Å². The number of anilines is 1. The smallest absolute Gasteiger partial charge is 0.337 e. The second-order valence-corrected chi connectivity index (χ2v) is 4.94. The third-order valence-electron chi connectivity index (χ3n) is 3.31. The van der Waals surface area contributed by atoms with Crippen LogP contribution in [0.5, 0.6) is 6.01 Å². The van der Waals surface area contributed by atoms with Crippen LogP contribution in [-0.4, -0.2) is 21.0 Å². The van der Waals surface area contributed by atoms with Gasteiger partial charge in [0, 0.05) is 18.0 Å². The van der Waals surface area contributed by atoms with E-state index in [1.54, 1.807) is 36.7 Å². The summed E-state index contributed by atoms with van der Waals surface area (Å²) < 4.78 is 5.81. The Morgan fingerprint density at radius 2 is 1.62 bits per heavy atom. The zero-order valence-electron chi connectivity index (χ0n) is 12.7. The number of carboxylic acids is 1. The number of ether oxygens (including phenoxy) is 1. The Balaban J connectivity index is 1.92. The molecule has 2 N–H and O–H groups in total. The Bertz CT molecular complexity index is 810. The number of carbonyl (C=O) groups is 1. The molecule has 24 heavy (non-hydrogen) atoms. The molecule has 6 heteroatoms. The molecule has 0 aliphatic heterocycles. The second kappa shape index (κ2) is 7.23. The summed E-state index contributed by atoms with van der Waals surface area (Å²) in [6.45, 7) is 0. The lowest BCUT2D eigenvalue weighted by Crippen LogP contribution is -2.20. The van der Waals surface area contributed by atoms with Crippen LogP contribution in [-0.2, 0) is 0 Å². The first kappa shape index (κ1) is 15.5. The standard InChI is InChI=1S/C18H15N3O3/c22-17(23)14-9-4-5-10-15(14)21-16(13-7-2-1-3-8-13)24-18-19-11-6-12-20-18/h1-12,16,21H,(H,22,23). The SMILES string of the molecule is O=C(O)c1ccccc1NC(Oc1ncccn1)c1ccccc1. The summed E-state index contributed by atoms with van der Waals surface area (Å²) in [4.78, 5) is 19.5. The Labute approximate surface area is 138 Å². The molecule has 1 unspecified atom stereocenters. The third-order valence-corrected chi connectivity index (χ3v) is 3.31. The molecule has 0 saturated carbocycles. The van der Waals surface area contributed by atoms with Gasteiger partial charge in [0.05, 0.1) is 11.3 Å². The van der Waals surface area contributed by atoms with Gasteiger partial charge in [-0.05, 0) is 18.2 Å². The fourth-order valence-corrected chi connectivity index (χ4v) is 2.20. The lowest BCUT2D eigenvalue weighted by Gasteiger charge is -2.21. The molecular formula is C18H15N3O3. The van der Waals surface area contributed by atoms with E-state index in [9.17, 15) is 9.90 Å². The quantitative estimate of drug-likeness (QED) is 0.677. The zero-order valence-corrected chi connectivity index (χ0v) is 12.7. The van der Waals surface area contributed by atoms with Crippen LogP contribution in [0, 0.1) is 0 Å². The molecule has 0 aliphatic carbocycles. The maximum absolute atomic E-state index is 11.4. The van der Waals surface area contributed by atoms with Gasteiger partial charge in [0.2, 0.25) is 0 Å². The summed E-state index contributed by atoms with van der Waals surface area (Å²) in [6, 6.07) is 18.0. The summed E-state index contributed by atoms with van der Waals surface area (Å²) in [5.74, 6) is -1.01. The van der Waals surface area contributed by atoms with Crippen LogP contribution in [0.2, 0.25) is 0 Å². The van der Waals surface area contributed by atoms with Crippen molar-refractivity contribution in [2.75, 3.05) is 5.32 Å². The largest absolute Gasteiger partial charge is 0.478 e. The van der Waals surface area contributed by atoms with Crippen molar-refractivity contribution in [1.82, 2.24) is 9.97 Å². The van der Waals surface area contributed by atoms with Crippen molar-refractivity contribution < 1.29 is 14.6 Å². The van der Waals surface area contributed by atoms with Crippen molar-refractivity contribution in [2.45, 2.75) is 6.23 Å². The average Bonchev–Trinajstić information content (AvgIpc) is 2.63. The van der Waals surface area contributed by atoms with E-state index < -0.39 is 12.2 Å². The number of carboxylic acid groups (broad SMARTS) is 1. The van der Waals surface area contributed by atoms with Crippen molar-refractivity contribution >= 4 is 11.7 Å². The van der Waals surface area contributed by atoms with Gasteiger partial charge in [0.15, 0.2) is 6.23 Å². The molecule has 3 aromatic rings. The molecule has 0 bridgehead atoms. The van der Waals surface area contributed by atoms with Gasteiger partial charge in [-0.15, -0.1) is 0 Å². The highest BCUT2D eigenvalue weighted by Crippen LogP contribution is 2.24. The van der Waals surface area contributed by atoms with Crippen molar-refractivity contribution in [2.24, 2.45) is 0 Å². The van der Waals surface area contributed by atoms with Gasteiger partial charge >= 0.3 is 12.0 Å². The fourth-order valence-electron chi connectivity index (χ4n) is 2.20.